The molecular weight excluding hydrogens is 474 g/mol. The second kappa shape index (κ2) is 7.14. The van der Waals surface area contributed by atoms with E-state index >= 15 is 0 Å². The van der Waals surface area contributed by atoms with Crippen molar-refractivity contribution < 1.29 is 0 Å². The van der Waals surface area contributed by atoms with Gasteiger partial charge in [-0.1, -0.05) is 80.9 Å². The van der Waals surface area contributed by atoms with Crippen LogP contribution in [0.3, 0.4) is 0 Å². The predicted molar refractivity (Wildman–Crippen MR) is 156 cm³/mol. The Labute approximate surface area is 219 Å². The van der Waals surface area contributed by atoms with Crippen LogP contribution in [0.1, 0.15) is 37.5 Å². The Bertz CT molecular complexity index is 2080. The quantitative estimate of drug-likeness (QED) is 0.221. The van der Waals surface area contributed by atoms with Crippen LogP contribution in [0, 0.1) is 0 Å². The molecule has 0 N–H and O–H groups in total. The van der Waals surface area contributed by atoms with Crippen molar-refractivity contribution in [2.24, 2.45) is 0 Å². The molecule has 0 radical (unpaired) electrons. The van der Waals surface area contributed by atoms with Gasteiger partial charge in [0, 0.05) is 10.8 Å². The average molecular weight is 500 g/mol. The second-order valence-corrected chi connectivity index (χ2v) is 11.8. The van der Waals surface area contributed by atoms with Crippen LogP contribution in [0.15, 0.2) is 78.9 Å². The number of aromatic nitrogens is 3. The van der Waals surface area contributed by atoms with E-state index in [1.807, 2.05) is 6.07 Å². The maximum absolute atomic E-state index is 7.04. The van der Waals surface area contributed by atoms with Gasteiger partial charge in [0.1, 0.15) is 0 Å². The van der Waals surface area contributed by atoms with Crippen molar-refractivity contribution >= 4 is 61.0 Å². The SMILES string of the molecule is CC(C)(C)c1ccc2c(c1)nc1n(-c3c(Cl)ccc4ccccc34)c3ccc4c5c(ccc(c53)n21)CC4. The van der Waals surface area contributed by atoms with E-state index in [0.29, 0.717) is 0 Å². The van der Waals surface area contributed by atoms with Crippen LogP contribution in [-0.2, 0) is 18.3 Å². The minimum Gasteiger partial charge on any atom is -0.277 e. The molecule has 180 valence electrons. The highest BCUT2D eigenvalue weighted by atomic mass is 35.5. The van der Waals surface area contributed by atoms with Gasteiger partial charge in [0.15, 0.2) is 0 Å². The van der Waals surface area contributed by atoms with Gasteiger partial charge in [0.2, 0.25) is 5.78 Å². The summed E-state index contributed by atoms with van der Waals surface area (Å²) in [4.78, 5) is 5.31. The molecule has 1 aliphatic rings. The number of hydrogen-bond acceptors (Lipinski definition) is 1. The molecule has 5 aromatic carbocycles. The third kappa shape index (κ3) is 2.81. The maximum Gasteiger partial charge on any atom is 0.220 e. The number of benzene rings is 5. The molecule has 1 aliphatic carbocycles. The van der Waals surface area contributed by atoms with E-state index < -0.39 is 0 Å². The molecule has 2 aromatic heterocycles. The fraction of sp³-hybridized carbons (Fsp3) is 0.182. The van der Waals surface area contributed by atoms with Crippen LogP contribution in [0.4, 0.5) is 0 Å². The van der Waals surface area contributed by atoms with Gasteiger partial charge in [-0.15, -0.1) is 0 Å². The fourth-order valence-electron chi connectivity index (χ4n) is 6.37. The normalized spacial score (nSPS) is 13.7. The lowest BCUT2D eigenvalue weighted by molar-refractivity contribution is 0.591. The first-order valence-electron chi connectivity index (χ1n) is 13.0. The number of nitrogens with zero attached hydrogens (tertiary/aromatic N) is 3. The third-order valence-electron chi connectivity index (χ3n) is 8.21. The lowest BCUT2D eigenvalue weighted by Crippen LogP contribution is -2.10. The van der Waals surface area contributed by atoms with Crippen LogP contribution in [0.25, 0.3) is 55.1 Å². The van der Waals surface area contributed by atoms with Gasteiger partial charge in [0.25, 0.3) is 0 Å². The molecule has 0 saturated carbocycles. The lowest BCUT2D eigenvalue weighted by atomic mass is 9.87. The number of hydrogen-bond donors (Lipinski definition) is 0. The van der Waals surface area contributed by atoms with Crippen LogP contribution in [-0.4, -0.2) is 14.0 Å². The third-order valence-corrected chi connectivity index (χ3v) is 8.52. The molecule has 37 heavy (non-hydrogen) atoms. The largest absolute Gasteiger partial charge is 0.277 e. The summed E-state index contributed by atoms with van der Waals surface area (Å²) < 4.78 is 4.64. The molecule has 0 saturated heterocycles. The van der Waals surface area contributed by atoms with Crippen LogP contribution >= 0.6 is 11.6 Å². The van der Waals surface area contributed by atoms with Crippen LogP contribution in [0.5, 0.6) is 0 Å². The van der Waals surface area contributed by atoms with E-state index in [4.69, 9.17) is 16.6 Å². The molecule has 8 rings (SSSR count). The van der Waals surface area contributed by atoms with E-state index in [1.54, 1.807) is 0 Å². The monoisotopic (exact) mass is 499 g/mol. The van der Waals surface area contributed by atoms with Crippen molar-refractivity contribution in [3.8, 4) is 5.69 Å². The highest BCUT2D eigenvalue weighted by molar-refractivity contribution is 6.34. The van der Waals surface area contributed by atoms with E-state index in [0.717, 1.165) is 56.7 Å². The predicted octanol–water partition coefficient (Wildman–Crippen LogP) is 8.79. The standard InChI is InChI=1S/C33H26ClN3/c1-33(2,3)22-13-17-26-25(18-22)35-32-36(26)27-15-11-20-8-9-21-12-16-28(30(27)29(20)21)37(32)31-23-7-5-4-6-19(23)10-14-24(31)34/h4-7,10-18H,8-9H2,1-3H3. The Balaban J connectivity index is 1.66. The smallest absolute Gasteiger partial charge is 0.220 e. The van der Waals surface area contributed by atoms with Gasteiger partial charge in [-0.2, -0.15) is 0 Å². The zero-order valence-electron chi connectivity index (χ0n) is 21.1. The Hall–Kier alpha value is -3.82. The summed E-state index contributed by atoms with van der Waals surface area (Å²) in [7, 11) is 0. The van der Waals surface area contributed by atoms with Crippen molar-refractivity contribution in [3.63, 3.8) is 0 Å². The van der Waals surface area contributed by atoms with Crippen molar-refractivity contribution in [1.82, 2.24) is 14.0 Å². The first kappa shape index (κ1) is 21.3. The van der Waals surface area contributed by atoms with Crippen molar-refractivity contribution in [1.29, 1.82) is 0 Å². The Morgan fingerprint density at radius 3 is 2.27 bits per heavy atom. The first-order valence-corrected chi connectivity index (χ1v) is 13.4. The summed E-state index contributed by atoms with van der Waals surface area (Å²) >= 11 is 7.04. The molecule has 0 spiro atoms. The summed E-state index contributed by atoms with van der Waals surface area (Å²) in [6.07, 6.45) is 2.19. The average Bonchev–Trinajstić information content (AvgIpc) is 3.49. The molecule has 0 atom stereocenters. The van der Waals surface area contributed by atoms with E-state index in [9.17, 15) is 0 Å². The van der Waals surface area contributed by atoms with Crippen LogP contribution < -0.4 is 0 Å². The van der Waals surface area contributed by atoms with Gasteiger partial charge in [-0.3, -0.25) is 8.97 Å². The summed E-state index contributed by atoms with van der Waals surface area (Å²) in [5.74, 6) is 0.882. The first-order chi connectivity index (χ1) is 17.9. The Kier molecular flexibility index (Phi) is 4.11. The molecule has 0 unspecified atom stereocenters. The molecule has 2 heterocycles. The van der Waals surface area contributed by atoms with E-state index in [1.165, 1.54) is 33.0 Å². The van der Waals surface area contributed by atoms with Crippen LogP contribution in [0.2, 0.25) is 5.02 Å². The summed E-state index contributed by atoms with van der Waals surface area (Å²) in [5, 5.41) is 5.70. The van der Waals surface area contributed by atoms with Crippen molar-refractivity contribution in [2.75, 3.05) is 0 Å². The van der Waals surface area contributed by atoms with Crippen molar-refractivity contribution in [3.05, 3.63) is 101 Å². The molecule has 3 nitrogen and oxygen atoms in total. The Morgan fingerprint density at radius 1 is 0.757 bits per heavy atom. The van der Waals surface area contributed by atoms with E-state index in [-0.39, 0.29) is 5.41 Å². The maximum atomic E-state index is 7.04. The number of imidazole rings is 1. The number of aryl methyl sites for hydroxylation is 2. The Morgan fingerprint density at radius 2 is 1.49 bits per heavy atom. The number of rotatable bonds is 1. The topological polar surface area (TPSA) is 22.2 Å². The molecule has 0 fully saturated rings. The van der Waals surface area contributed by atoms with Gasteiger partial charge >= 0.3 is 0 Å². The van der Waals surface area contributed by atoms with Gasteiger partial charge in [0.05, 0.1) is 32.8 Å². The summed E-state index contributed by atoms with van der Waals surface area (Å²) in [5.41, 5.74) is 9.64. The summed E-state index contributed by atoms with van der Waals surface area (Å²) in [6, 6.07) is 28.5. The molecule has 7 aromatic rings. The fourth-order valence-corrected chi connectivity index (χ4v) is 6.62. The van der Waals surface area contributed by atoms with E-state index in [2.05, 4.69) is 103 Å². The molecule has 0 bridgehead atoms. The second-order valence-electron chi connectivity index (χ2n) is 11.4. The molecule has 4 heteroatoms. The molecule has 0 aliphatic heterocycles. The zero-order chi connectivity index (χ0) is 25.1. The lowest BCUT2D eigenvalue weighted by Gasteiger charge is -2.20. The minimum absolute atomic E-state index is 0.0441. The van der Waals surface area contributed by atoms with Gasteiger partial charge in [-0.05, 0) is 76.1 Å². The summed E-state index contributed by atoms with van der Waals surface area (Å²) in [6.45, 7) is 6.75. The van der Waals surface area contributed by atoms with Gasteiger partial charge in [-0.25, -0.2) is 4.98 Å². The van der Waals surface area contributed by atoms with Crippen molar-refractivity contribution in [2.45, 2.75) is 39.0 Å². The molecular formula is C33H26ClN3. The minimum atomic E-state index is 0.0441. The molecule has 0 amide bonds. The number of fused-ring (bicyclic) bond motifs is 5. The van der Waals surface area contributed by atoms with Gasteiger partial charge < -0.3 is 0 Å². The number of halogens is 1. The zero-order valence-corrected chi connectivity index (χ0v) is 21.9. The highest BCUT2D eigenvalue weighted by Gasteiger charge is 2.25. The highest BCUT2D eigenvalue weighted by Crippen LogP contribution is 2.42.